The molecule has 0 unspecified atom stereocenters. The summed E-state index contributed by atoms with van der Waals surface area (Å²) in [5.41, 5.74) is 4.58. The second-order valence-electron chi connectivity index (χ2n) is 7.77. The number of amides is 1. The molecule has 0 aliphatic rings. The van der Waals surface area contributed by atoms with E-state index in [-0.39, 0.29) is 11.7 Å². The number of nitrogens with one attached hydrogen (secondary N) is 2. The molecule has 4 rings (SSSR count). The predicted octanol–water partition coefficient (Wildman–Crippen LogP) is 5.81. The van der Waals surface area contributed by atoms with E-state index in [0.29, 0.717) is 23.0 Å². The normalized spacial score (nSPS) is 10.6. The zero-order valence-electron chi connectivity index (χ0n) is 20.0. The lowest BCUT2D eigenvalue weighted by atomic mass is 10.1. The maximum atomic E-state index is 12.6. The standard InChI is InChI=1S/C27H27N3O4S/c1-17-5-7-18(8-6-17)25-27(35-16-24(31)28-20-10-12-21(32-2)13-11-20)30-26(29-25)19-9-14-22(33-3)23(15-19)34-4/h5-15H,16H2,1-4H3,(H,28,31)(H,29,30). The highest BCUT2D eigenvalue weighted by molar-refractivity contribution is 8.00. The van der Waals surface area contributed by atoms with Gasteiger partial charge in [-0.05, 0) is 49.4 Å². The number of ether oxygens (including phenoxy) is 3. The van der Waals surface area contributed by atoms with Crippen molar-refractivity contribution in [3.63, 3.8) is 0 Å². The van der Waals surface area contributed by atoms with Crippen molar-refractivity contribution < 1.29 is 19.0 Å². The van der Waals surface area contributed by atoms with Crippen LogP contribution in [0.4, 0.5) is 5.69 Å². The number of hydrogen-bond donors (Lipinski definition) is 2. The number of hydrogen-bond acceptors (Lipinski definition) is 6. The Morgan fingerprint density at radius 2 is 1.57 bits per heavy atom. The average molecular weight is 490 g/mol. The third-order valence-electron chi connectivity index (χ3n) is 5.38. The molecule has 0 saturated carbocycles. The fraction of sp³-hybridized carbons (Fsp3) is 0.185. The molecule has 8 heteroatoms. The van der Waals surface area contributed by atoms with E-state index in [4.69, 9.17) is 19.2 Å². The van der Waals surface area contributed by atoms with Crippen LogP contribution < -0.4 is 19.5 Å². The molecule has 0 fully saturated rings. The van der Waals surface area contributed by atoms with Gasteiger partial charge in [-0.2, -0.15) is 0 Å². The van der Waals surface area contributed by atoms with Crippen molar-refractivity contribution in [3.8, 4) is 39.9 Å². The second-order valence-corrected chi connectivity index (χ2v) is 8.73. The summed E-state index contributed by atoms with van der Waals surface area (Å²) in [4.78, 5) is 20.9. The average Bonchev–Trinajstić information content (AvgIpc) is 3.32. The first-order valence-electron chi connectivity index (χ1n) is 11.0. The molecular weight excluding hydrogens is 462 g/mol. The van der Waals surface area contributed by atoms with Gasteiger partial charge in [0, 0.05) is 16.8 Å². The van der Waals surface area contributed by atoms with Gasteiger partial charge in [0.25, 0.3) is 0 Å². The van der Waals surface area contributed by atoms with Crippen LogP contribution in [0.15, 0.2) is 71.8 Å². The SMILES string of the molecule is COc1ccc(NC(=O)CSc2nc(-c3ccc(OC)c(OC)c3)[nH]c2-c2ccc(C)cc2)cc1. The number of imidazole rings is 1. The zero-order chi connectivity index (χ0) is 24.8. The van der Waals surface area contributed by atoms with Crippen LogP contribution >= 0.6 is 11.8 Å². The molecule has 0 saturated heterocycles. The monoisotopic (exact) mass is 489 g/mol. The fourth-order valence-electron chi connectivity index (χ4n) is 3.50. The Labute approximate surface area is 208 Å². The van der Waals surface area contributed by atoms with E-state index < -0.39 is 0 Å². The Bertz CT molecular complexity index is 1300. The van der Waals surface area contributed by atoms with E-state index in [1.54, 1.807) is 33.5 Å². The molecule has 0 spiro atoms. The molecule has 7 nitrogen and oxygen atoms in total. The third kappa shape index (κ3) is 5.78. The highest BCUT2D eigenvalue weighted by atomic mass is 32.2. The molecule has 1 amide bonds. The van der Waals surface area contributed by atoms with Gasteiger partial charge in [-0.3, -0.25) is 4.79 Å². The summed E-state index contributed by atoms with van der Waals surface area (Å²) < 4.78 is 16.0. The lowest BCUT2D eigenvalue weighted by Crippen LogP contribution is -2.14. The van der Waals surface area contributed by atoms with Gasteiger partial charge in [-0.25, -0.2) is 4.98 Å². The largest absolute Gasteiger partial charge is 0.497 e. The molecule has 3 aromatic carbocycles. The molecule has 0 aliphatic heterocycles. The van der Waals surface area contributed by atoms with Crippen LogP contribution in [-0.2, 0) is 4.79 Å². The molecule has 180 valence electrons. The Morgan fingerprint density at radius 1 is 0.886 bits per heavy atom. The number of aromatic nitrogens is 2. The Kier molecular flexibility index (Phi) is 7.62. The molecule has 4 aromatic rings. The number of carbonyl (C=O) groups excluding carboxylic acids is 1. The highest BCUT2D eigenvalue weighted by Gasteiger charge is 2.17. The first-order valence-corrected chi connectivity index (χ1v) is 12.0. The van der Waals surface area contributed by atoms with Gasteiger partial charge < -0.3 is 24.5 Å². The van der Waals surface area contributed by atoms with Crippen LogP contribution in [0.25, 0.3) is 22.6 Å². The zero-order valence-corrected chi connectivity index (χ0v) is 20.9. The van der Waals surface area contributed by atoms with Crippen molar-refractivity contribution in [1.82, 2.24) is 9.97 Å². The summed E-state index contributed by atoms with van der Waals surface area (Å²) in [5.74, 6) is 2.77. The van der Waals surface area contributed by atoms with Crippen LogP contribution in [0, 0.1) is 6.92 Å². The molecule has 35 heavy (non-hydrogen) atoms. The number of H-pyrrole nitrogens is 1. The summed E-state index contributed by atoms with van der Waals surface area (Å²) in [5, 5.41) is 3.65. The van der Waals surface area contributed by atoms with Crippen LogP contribution in [0.3, 0.4) is 0 Å². The quantitative estimate of drug-likeness (QED) is 0.289. The molecule has 0 bridgehead atoms. The molecule has 0 atom stereocenters. The molecule has 0 radical (unpaired) electrons. The number of nitrogens with zero attached hydrogens (tertiary/aromatic N) is 1. The van der Waals surface area contributed by atoms with Crippen LogP contribution in [0.5, 0.6) is 17.2 Å². The number of benzene rings is 3. The second kappa shape index (κ2) is 11.0. The molecule has 1 aromatic heterocycles. The number of aromatic amines is 1. The van der Waals surface area contributed by atoms with Crippen LogP contribution in [-0.4, -0.2) is 43.0 Å². The minimum atomic E-state index is -0.120. The molecule has 0 aliphatic carbocycles. The third-order valence-corrected chi connectivity index (χ3v) is 6.36. The van der Waals surface area contributed by atoms with Crippen molar-refractivity contribution in [2.24, 2.45) is 0 Å². The van der Waals surface area contributed by atoms with Gasteiger partial charge >= 0.3 is 0 Å². The maximum absolute atomic E-state index is 12.6. The first-order chi connectivity index (χ1) is 17.0. The fourth-order valence-corrected chi connectivity index (χ4v) is 4.31. The van der Waals surface area contributed by atoms with E-state index in [1.807, 2.05) is 49.4 Å². The number of rotatable bonds is 9. The summed E-state index contributed by atoms with van der Waals surface area (Å²) in [6.07, 6.45) is 0. The number of methoxy groups -OCH3 is 3. The van der Waals surface area contributed by atoms with Gasteiger partial charge in [0.05, 0.1) is 32.8 Å². The summed E-state index contributed by atoms with van der Waals surface area (Å²) in [6.45, 7) is 2.05. The molecule has 1 heterocycles. The van der Waals surface area contributed by atoms with E-state index in [2.05, 4.69) is 22.4 Å². The smallest absolute Gasteiger partial charge is 0.234 e. The lowest BCUT2D eigenvalue weighted by molar-refractivity contribution is -0.113. The Hall–Kier alpha value is -3.91. The van der Waals surface area contributed by atoms with Gasteiger partial charge in [-0.1, -0.05) is 41.6 Å². The van der Waals surface area contributed by atoms with E-state index in [9.17, 15) is 4.79 Å². The van der Waals surface area contributed by atoms with Gasteiger partial charge in [-0.15, -0.1) is 0 Å². The number of aryl methyl sites for hydroxylation is 1. The number of carbonyl (C=O) groups is 1. The van der Waals surface area contributed by atoms with E-state index >= 15 is 0 Å². The lowest BCUT2D eigenvalue weighted by Gasteiger charge is -2.08. The van der Waals surface area contributed by atoms with Gasteiger partial charge in [0.2, 0.25) is 5.91 Å². The molecular formula is C27H27N3O4S. The predicted molar refractivity (Wildman–Crippen MR) is 140 cm³/mol. The summed E-state index contributed by atoms with van der Waals surface area (Å²) in [6, 6.07) is 21.1. The Balaban J connectivity index is 1.59. The van der Waals surface area contributed by atoms with Crippen LogP contribution in [0.2, 0.25) is 0 Å². The van der Waals surface area contributed by atoms with Crippen molar-refractivity contribution >= 4 is 23.4 Å². The minimum Gasteiger partial charge on any atom is -0.497 e. The summed E-state index contributed by atoms with van der Waals surface area (Å²) >= 11 is 1.38. The first kappa shape index (κ1) is 24.2. The summed E-state index contributed by atoms with van der Waals surface area (Å²) in [7, 11) is 4.81. The van der Waals surface area contributed by atoms with Crippen molar-refractivity contribution in [3.05, 3.63) is 72.3 Å². The van der Waals surface area contributed by atoms with Crippen molar-refractivity contribution in [2.45, 2.75) is 11.9 Å². The number of anilines is 1. The van der Waals surface area contributed by atoms with Crippen LogP contribution in [0.1, 0.15) is 5.56 Å². The van der Waals surface area contributed by atoms with E-state index in [0.717, 1.165) is 27.6 Å². The van der Waals surface area contributed by atoms with E-state index in [1.165, 1.54) is 17.3 Å². The number of thioether (sulfide) groups is 1. The maximum Gasteiger partial charge on any atom is 0.234 e. The minimum absolute atomic E-state index is 0.120. The van der Waals surface area contributed by atoms with Crippen molar-refractivity contribution in [2.75, 3.05) is 32.4 Å². The Morgan fingerprint density at radius 3 is 2.23 bits per heavy atom. The molecule has 2 N–H and O–H groups in total. The van der Waals surface area contributed by atoms with Crippen molar-refractivity contribution in [1.29, 1.82) is 0 Å². The topological polar surface area (TPSA) is 85.5 Å². The highest BCUT2D eigenvalue weighted by Crippen LogP contribution is 2.36. The van der Waals surface area contributed by atoms with Gasteiger partial charge in [0.15, 0.2) is 11.5 Å². The van der Waals surface area contributed by atoms with Gasteiger partial charge in [0.1, 0.15) is 16.6 Å².